The second-order valence-corrected chi connectivity index (χ2v) is 7.60. The molecule has 2 aliphatic rings. The average molecular weight is 288 g/mol. The zero-order valence-electron chi connectivity index (χ0n) is 12.6. The highest BCUT2D eigenvalue weighted by molar-refractivity contribution is 5.08. The molecule has 5 N–H and O–H groups in total. The molecule has 0 spiro atoms. The normalized spacial score (nSPS) is 52.2. The van der Waals surface area contributed by atoms with Gasteiger partial charge in [0.25, 0.3) is 0 Å². The first-order valence-electron chi connectivity index (χ1n) is 7.47. The second kappa shape index (κ2) is 4.92. The van der Waals surface area contributed by atoms with Crippen molar-refractivity contribution in [2.45, 2.75) is 69.4 Å². The fourth-order valence-electron chi connectivity index (χ4n) is 4.36. The molecule has 0 aliphatic heterocycles. The minimum atomic E-state index is -1.23. The van der Waals surface area contributed by atoms with E-state index >= 15 is 0 Å². The fraction of sp³-hybridized carbons (Fsp3) is 1.00. The van der Waals surface area contributed by atoms with Crippen molar-refractivity contribution in [3.8, 4) is 0 Å². The molecule has 0 radical (unpaired) electrons. The largest absolute Gasteiger partial charge is 0.393 e. The van der Waals surface area contributed by atoms with Gasteiger partial charge in [-0.05, 0) is 51.9 Å². The van der Waals surface area contributed by atoms with Gasteiger partial charge < -0.3 is 25.5 Å². The minimum absolute atomic E-state index is 0.203. The lowest BCUT2D eigenvalue weighted by atomic mass is 9.74. The highest BCUT2D eigenvalue weighted by atomic mass is 16.3. The third kappa shape index (κ3) is 2.62. The predicted molar refractivity (Wildman–Crippen MR) is 73.9 cm³/mol. The molecule has 0 bridgehead atoms. The summed E-state index contributed by atoms with van der Waals surface area (Å²) in [4.78, 5) is 0. The summed E-state index contributed by atoms with van der Waals surface area (Å²) in [6.45, 7) is 4.63. The van der Waals surface area contributed by atoms with Gasteiger partial charge in [-0.25, -0.2) is 0 Å². The van der Waals surface area contributed by atoms with Gasteiger partial charge in [-0.2, -0.15) is 0 Å². The number of aliphatic hydroxyl groups is 5. The van der Waals surface area contributed by atoms with Gasteiger partial charge in [-0.3, -0.25) is 0 Å². The van der Waals surface area contributed by atoms with Gasteiger partial charge in [0.15, 0.2) is 0 Å². The van der Waals surface area contributed by atoms with Crippen LogP contribution in [0.25, 0.3) is 0 Å². The van der Waals surface area contributed by atoms with Crippen molar-refractivity contribution in [1.82, 2.24) is 0 Å². The first-order chi connectivity index (χ1) is 9.01. The van der Waals surface area contributed by atoms with Crippen LogP contribution in [0, 0.1) is 17.8 Å². The third-order valence-corrected chi connectivity index (χ3v) is 5.72. The highest BCUT2D eigenvalue weighted by Crippen LogP contribution is 2.53. The quantitative estimate of drug-likeness (QED) is 0.493. The Hall–Kier alpha value is -0.200. The molecule has 0 aromatic heterocycles. The summed E-state index contributed by atoms with van der Waals surface area (Å²) < 4.78 is 0. The molecule has 0 amide bonds. The standard InChI is InChI=1S/C15H28O5/c1-13(18)5-4-9(15(3,20)8-16)6-10-12(13)11(17)7-14(10,2)19/h9-12,16-20H,4-8H2,1-3H3/t9-,10-,11+,12+,13-,14-,15?/m1/s1. The Bertz CT molecular complexity index is 363. The zero-order valence-corrected chi connectivity index (χ0v) is 12.6. The van der Waals surface area contributed by atoms with E-state index in [-0.39, 0.29) is 24.9 Å². The van der Waals surface area contributed by atoms with Crippen LogP contribution in [-0.4, -0.2) is 55.0 Å². The van der Waals surface area contributed by atoms with E-state index < -0.39 is 28.8 Å². The van der Waals surface area contributed by atoms with Crippen molar-refractivity contribution in [1.29, 1.82) is 0 Å². The monoisotopic (exact) mass is 288 g/mol. The molecule has 118 valence electrons. The summed E-state index contributed by atoms with van der Waals surface area (Å²) in [5.41, 5.74) is -3.35. The van der Waals surface area contributed by atoms with Crippen LogP contribution in [0.15, 0.2) is 0 Å². The Morgan fingerprint density at radius 2 is 1.80 bits per heavy atom. The molecular weight excluding hydrogens is 260 g/mol. The number of aliphatic hydroxyl groups excluding tert-OH is 2. The summed E-state index contributed by atoms with van der Waals surface area (Å²) in [5.74, 6) is -0.874. The third-order valence-electron chi connectivity index (χ3n) is 5.72. The second-order valence-electron chi connectivity index (χ2n) is 7.60. The smallest absolute Gasteiger partial charge is 0.0877 e. The van der Waals surface area contributed by atoms with Gasteiger partial charge in [-0.1, -0.05) is 0 Å². The van der Waals surface area contributed by atoms with Gasteiger partial charge in [-0.15, -0.1) is 0 Å². The van der Waals surface area contributed by atoms with Crippen LogP contribution in [0.4, 0.5) is 0 Å². The minimum Gasteiger partial charge on any atom is -0.393 e. The highest BCUT2D eigenvalue weighted by Gasteiger charge is 2.58. The molecule has 2 aliphatic carbocycles. The molecule has 0 heterocycles. The van der Waals surface area contributed by atoms with E-state index in [0.29, 0.717) is 19.3 Å². The maximum Gasteiger partial charge on any atom is 0.0877 e. The molecule has 0 aromatic carbocycles. The first kappa shape index (κ1) is 16.2. The molecule has 7 atom stereocenters. The maximum atomic E-state index is 10.7. The fourth-order valence-corrected chi connectivity index (χ4v) is 4.36. The van der Waals surface area contributed by atoms with Crippen LogP contribution in [0.3, 0.4) is 0 Å². The van der Waals surface area contributed by atoms with Crippen LogP contribution in [-0.2, 0) is 0 Å². The van der Waals surface area contributed by atoms with Gasteiger partial charge in [0.05, 0.1) is 29.5 Å². The SMILES string of the molecule is CC(O)(CO)[C@@H]1CC[C@@](C)(O)[C@H]2[C@@H](C1)[C@](C)(O)C[C@@H]2O. The lowest BCUT2D eigenvalue weighted by Crippen LogP contribution is -2.44. The van der Waals surface area contributed by atoms with Crippen LogP contribution < -0.4 is 0 Å². The van der Waals surface area contributed by atoms with Crippen molar-refractivity contribution in [2.75, 3.05) is 6.61 Å². The predicted octanol–water partition coefficient (Wildman–Crippen LogP) is 0.0288. The summed E-state index contributed by atoms with van der Waals surface area (Å²) in [6.07, 6.45) is 1.02. The maximum absolute atomic E-state index is 10.7. The lowest BCUT2D eigenvalue weighted by molar-refractivity contribution is -0.0801. The summed E-state index contributed by atoms with van der Waals surface area (Å²) in [6, 6.07) is 0. The van der Waals surface area contributed by atoms with Crippen molar-refractivity contribution < 1.29 is 25.5 Å². The van der Waals surface area contributed by atoms with E-state index in [9.17, 15) is 25.5 Å². The molecular formula is C15H28O5. The molecule has 5 heteroatoms. The Morgan fingerprint density at radius 3 is 2.35 bits per heavy atom. The van der Waals surface area contributed by atoms with Crippen LogP contribution in [0.1, 0.15) is 46.5 Å². The Labute approximate surface area is 120 Å². The van der Waals surface area contributed by atoms with Crippen molar-refractivity contribution in [3.05, 3.63) is 0 Å². The summed E-state index contributed by atoms with van der Waals surface area (Å²) >= 11 is 0. The molecule has 1 unspecified atom stereocenters. The van der Waals surface area contributed by atoms with Gasteiger partial charge in [0.1, 0.15) is 0 Å². The summed E-state index contributed by atoms with van der Waals surface area (Å²) in [7, 11) is 0. The number of fused-ring (bicyclic) bond motifs is 1. The van der Waals surface area contributed by atoms with Crippen LogP contribution >= 0.6 is 0 Å². The number of hydrogen-bond donors (Lipinski definition) is 5. The molecule has 2 saturated carbocycles. The van der Waals surface area contributed by atoms with Crippen molar-refractivity contribution in [3.63, 3.8) is 0 Å². The molecule has 0 aromatic rings. The van der Waals surface area contributed by atoms with E-state index in [0.717, 1.165) is 0 Å². The first-order valence-corrected chi connectivity index (χ1v) is 7.47. The van der Waals surface area contributed by atoms with Crippen molar-refractivity contribution >= 4 is 0 Å². The molecule has 2 fully saturated rings. The zero-order chi connectivity index (χ0) is 15.3. The Balaban J connectivity index is 2.34. The number of rotatable bonds is 2. The van der Waals surface area contributed by atoms with E-state index in [4.69, 9.17) is 0 Å². The van der Waals surface area contributed by atoms with E-state index in [1.54, 1.807) is 20.8 Å². The number of hydrogen-bond acceptors (Lipinski definition) is 5. The van der Waals surface area contributed by atoms with E-state index in [1.165, 1.54) is 0 Å². The van der Waals surface area contributed by atoms with Crippen LogP contribution in [0.5, 0.6) is 0 Å². The lowest BCUT2D eigenvalue weighted by Gasteiger charge is -2.37. The molecule has 0 saturated heterocycles. The summed E-state index contributed by atoms with van der Waals surface area (Å²) in [5, 5.41) is 51.2. The van der Waals surface area contributed by atoms with Gasteiger partial charge >= 0.3 is 0 Å². The molecule has 2 rings (SSSR count). The Morgan fingerprint density at radius 1 is 1.20 bits per heavy atom. The average Bonchev–Trinajstić information content (AvgIpc) is 2.44. The van der Waals surface area contributed by atoms with Crippen molar-refractivity contribution in [2.24, 2.45) is 17.8 Å². The Kier molecular flexibility index (Phi) is 3.98. The van der Waals surface area contributed by atoms with Gasteiger partial charge in [0, 0.05) is 12.3 Å². The molecule has 5 nitrogen and oxygen atoms in total. The topological polar surface area (TPSA) is 101 Å². The van der Waals surface area contributed by atoms with E-state index in [1.807, 2.05) is 0 Å². The van der Waals surface area contributed by atoms with E-state index in [2.05, 4.69) is 0 Å². The van der Waals surface area contributed by atoms with Gasteiger partial charge in [0.2, 0.25) is 0 Å². The van der Waals surface area contributed by atoms with Crippen LogP contribution in [0.2, 0.25) is 0 Å². The molecule has 20 heavy (non-hydrogen) atoms.